The Balaban J connectivity index is 1.23. The van der Waals surface area contributed by atoms with Gasteiger partial charge in [-0.1, -0.05) is 72.8 Å². The van der Waals surface area contributed by atoms with Gasteiger partial charge in [0.2, 0.25) is 11.8 Å². The number of hydrogen-bond donors (Lipinski definition) is 2. The van der Waals surface area contributed by atoms with Crippen molar-refractivity contribution >= 4 is 17.8 Å². The van der Waals surface area contributed by atoms with Crippen LogP contribution in [0, 0.1) is 0 Å². The van der Waals surface area contributed by atoms with E-state index in [1.165, 1.54) is 17.2 Å². The minimum atomic E-state index is -0.990. The maximum atomic E-state index is 12.8. The molecule has 0 spiro atoms. The largest absolute Gasteiger partial charge is 0.478 e. The first-order chi connectivity index (χ1) is 19.2. The molecule has 1 aliphatic heterocycles. The lowest BCUT2D eigenvalue weighted by atomic mass is 9.94. The fraction of sp³-hybridized carbons (Fsp3) is 0.344. The molecule has 3 aromatic carbocycles. The Morgan fingerprint density at radius 2 is 1.45 bits per heavy atom. The van der Waals surface area contributed by atoms with Crippen molar-refractivity contribution < 1.29 is 24.2 Å². The Bertz CT molecular complexity index is 1250. The predicted molar refractivity (Wildman–Crippen MR) is 153 cm³/mol. The minimum absolute atomic E-state index is 0.120. The molecule has 0 bridgehead atoms. The molecule has 210 valence electrons. The van der Waals surface area contributed by atoms with Crippen molar-refractivity contribution in [2.75, 3.05) is 39.4 Å². The van der Waals surface area contributed by atoms with Crippen LogP contribution in [0.2, 0.25) is 0 Å². The first-order valence-corrected chi connectivity index (χ1v) is 13.5. The van der Waals surface area contributed by atoms with Crippen LogP contribution in [0.4, 0.5) is 0 Å². The zero-order valence-electron chi connectivity index (χ0n) is 23.1. The first-order valence-electron chi connectivity index (χ1n) is 13.5. The molecule has 0 unspecified atom stereocenters. The van der Waals surface area contributed by atoms with Gasteiger partial charge in [-0.2, -0.15) is 0 Å². The van der Waals surface area contributed by atoms with Gasteiger partial charge in [-0.15, -0.1) is 0 Å². The molecule has 8 heteroatoms. The monoisotopic (exact) mass is 543 g/mol. The molecular weight excluding hydrogens is 506 g/mol. The van der Waals surface area contributed by atoms with Crippen LogP contribution in [0.1, 0.15) is 46.9 Å². The second kappa shape index (κ2) is 13.4. The van der Waals surface area contributed by atoms with Gasteiger partial charge in [-0.25, -0.2) is 4.79 Å². The van der Waals surface area contributed by atoms with Crippen molar-refractivity contribution in [3.63, 3.8) is 0 Å². The molecule has 4 rings (SSSR count). The van der Waals surface area contributed by atoms with E-state index in [4.69, 9.17) is 4.74 Å². The highest BCUT2D eigenvalue weighted by molar-refractivity contribution is 5.87. The minimum Gasteiger partial charge on any atom is -0.478 e. The lowest BCUT2D eigenvalue weighted by Crippen LogP contribution is -2.51. The third-order valence-electron chi connectivity index (χ3n) is 7.02. The maximum absolute atomic E-state index is 12.8. The molecule has 0 radical (unpaired) electrons. The van der Waals surface area contributed by atoms with Crippen LogP contribution in [0.3, 0.4) is 0 Å². The lowest BCUT2D eigenvalue weighted by molar-refractivity contribution is -0.140. The van der Waals surface area contributed by atoms with E-state index in [1.54, 1.807) is 17.0 Å². The molecule has 1 aliphatic rings. The number of nitrogens with zero attached hydrogens (tertiary/aromatic N) is 2. The second-order valence-corrected chi connectivity index (χ2v) is 10.7. The number of ether oxygens (including phenoxy) is 1. The molecule has 0 atom stereocenters. The quantitative estimate of drug-likeness (QED) is 0.382. The van der Waals surface area contributed by atoms with Crippen LogP contribution in [0.15, 0.2) is 84.9 Å². The number of benzene rings is 3. The van der Waals surface area contributed by atoms with Gasteiger partial charge in [0.05, 0.1) is 11.6 Å². The molecule has 2 amide bonds. The Hall–Kier alpha value is -4.01. The standard InChI is InChI=1S/C32H37N3O5/c1-32(2,21-24-10-9-15-27(20-24)31(38)39)33-28(36)22-40-23-29(37)34-16-18-35(19-17-34)30(25-11-5-3-6-12-25)26-13-7-4-8-14-26/h3-15,20,30H,16-19,21-23H2,1-2H3,(H,33,36)(H,38,39). The number of carboxylic acids is 1. The number of hydrogen-bond acceptors (Lipinski definition) is 5. The second-order valence-electron chi connectivity index (χ2n) is 10.7. The van der Waals surface area contributed by atoms with Gasteiger partial charge in [0.25, 0.3) is 0 Å². The van der Waals surface area contributed by atoms with Crippen LogP contribution < -0.4 is 5.32 Å². The van der Waals surface area contributed by atoms with E-state index >= 15 is 0 Å². The van der Waals surface area contributed by atoms with Crippen LogP contribution in [-0.2, 0) is 20.7 Å². The normalized spacial score (nSPS) is 14.2. The van der Waals surface area contributed by atoms with Crippen molar-refractivity contribution in [3.05, 3.63) is 107 Å². The van der Waals surface area contributed by atoms with Gasteiger partial charge in [0, 0.05) is 31.7 Å². The smallest absolute Gasteiger partial charge is 0.335 e. The Labute approximate surface area is 235 Å². The highest BCUT2D eigenvalue weighted by Crippen LogP contribution is 2.29. The molecule has 1 saturated heterocycles. The summed E-state index contributed by atoms with van der Waals surface area (Å²) in [6, 6.07) is 27.6. The molecule has 0 aromatic heterocycles. The number of amides is 2. The summed E-state index contributed by atoms with van der Waals surface area (Å²) in [5.74, 6) is -1.45. The summed E-state index contributed by atoms with van der Waals surface area (Å²) in [6.45, 7) is 5.99. The van der Waals surface area contributed by atoms with E-state index in [0.717, 1.165) is 18.7 Å². The highest BCUT2D eigenvalue weighted by atomic mass is 16.5. The number of carbonyl (C=O) groups is 3. The summed E-state index contributed by atoms with van der Waals surface area (Å²) >= 11 is 0. The molecule has 1 heterocycles. The molecule has 1 fully saturated rings. The van der Waals surface area contributed by atoms with E-state index in [-0.39, 0.29) is 36.6 Å². The van der Waals surface area contributed by atoms with E-state index in [2.05, 4.69) is 58.7 Å². The Morgan fingerprint density at radius 1 is 0.850 bits per heavy atom. The van der Waals surface area contributed by atoms with E-state index in [9.17, 15) is 19.5 Å². The Kier molecular flexibility index (Phi) is 9.69. The SMILES string of the molecule is CC(C)(Cc1cccc(C(=O)O)c1)NC(=O)COCC(=O)N1CCN(C(c2ccccc2)c2ccccc2)CC1. The van der Waals surface area contributed by atoms with Gasteiger partial charge < -0.3 is 20.1 Å². The molecular formula is C32H37N3O5. The number of carbonyl (C=O) groups excluding carboxylic acids is 2. The van der Waals surface area contributed by atoms with E-state index in [1.807, 2.05) is 32.0 Å². The van der Waals surface area contributed by atoms with Crippen molar-refractivity contribution in [2.45, 2.75) is 31.8 Å². The van der Waals surface area contributed by atoms with Crippen LogP contribution in [0.25, 0.3) is 0 Å². The molecule has 40 heavy (non-hydrogen) atoms. The fourth-order valence-corrected chi connectivity index (χ4v) is 5.22. The zero-order chi connectivity index (χ0) is 28.5. The lowest BCUT2D eigenvalue weighted by Gasteiger charge is -2.39. The number of nitrogens with one attached hydrogen (secondary N) is 1. The number of carboxylic acid groups (broad SMARTS) is 1. The molecule has 2 N–H and O–H groups in total. The third kappa shape index (κ3) is 8.00. The van der Waals surface area contributed by atoms with Crippen molar-refractivity contribution in [1.29, 1.82) is 0 Å². The molecule has 3 aromatic rings. The van der Waals surface area contributed by atoms with Gasteiger partial charge >= 0.3 is 5.97 Å². The number of aromatic carboxylic acids is 1. The van der Waals surface area contributed by atoms with Crippen LogP contribution >= 0.6 is 0 Å². The average molecular weight is 544 g/mol. The summed E-state index contributed by atoms with van der Waals surface area (Å²) in [6.07, 6.45) is 0.454. The predicted octanol–water partition coefficient (Wildman–Crippen LogP) is 3.77. The number of rotatable bonds is 11. The summed E-state index contributed by atoms with van der Waals surface area (Å²) in [7, 11) is 0. The zero-order valence-corrected chi connectivity index (χ0v) is 23.1. The summed E-state index contributed by atoms with van der Waals surface area (Å²) in [5.41, 5.74) is 2.84. The van der Waals surface area contributed by atoms with E-state index in [0.29, 0.717) is 19.5 Å². The van der Waals surface area contributed by atoms with Crippen LogP contribution in [-0.4, -0.2) is 77.6 Å². The summed E-state index contributed by atoms with van der Waals surface area (Å²) in [4.78, 5) is 40.7. The van der Waals surface area contributed by atoms with Gasteiger partial charge in [0.1, 0.15) is 13.2 Å². The van der Waals surface area contributed by atoms with Crippen molar-refractivity contribution in [1.82, 2.24) is 15.1 Å². The fourth-order valence-electron chi connectivity index (χ4n) is 5.22. The Morgan fingerprint density at radius 3 is 2.02 bits per heavy atom. The average Bonchev–Trinajstić information content (AvgIpc) is 2.94. The van der Waals surface area contributed by atoms with Gasteiger partial charge in [0.15, 0.2) is 0 Å². The summed E-state index contributed by atoms with van der Waals surface area (Å²) in [5, 5.41) is 12.1. The molecule has 0 aliphatic carbocycles. The van der Waals surface area contributed by atoms with Crippen molar-refractivity contribution in [2.24, 2.45) is 0 Å². The number of piperazine rings is 1. The van der Waals surface area contributed by atoms with Gasteiger partial charge in [-0.05, 0) is 49.1 Å². The maximum Gasteiger partial charge on any atom is 0.335 e. The molecule has 0 saturated carbocycles. The first kappa shape index (κ1) is 29.0. The highest BCUT2D eigenvalue weighted by Gasteiger charge is 2.28. The summed E-state index contributed by atoms with van der Waals surface area (Å²) < 4.78 is 5.48. The molecule has 8 nitrogen and oxygen atoms in total. The van der Waals surface area contributed by atoms with Gasteiger partial charge in [-0.3, -0.25) is 14.5 Å². The van der Waals surface area contributed by atoms with Crippen molar-refractivity contribution in [3.8, 4) is 0 Å². The van der Waals surface area contributed by atoms with E-state index < -0.39 is 11.5 Å². The van der Waals surface area contributed by atoms with Crippen LogP contribution in [0.5, 0.6) is 0 Å². The topological polar surface area (TPSA) is 99.2 Å². The third-order valence-corrected chi connectivity index (χ3v) is 7.02.